The number of rotatable bonds is 4. The monoisotopic (exact) mass is 349 g/mol. The molecule has 0 bridgehead atoms. The molecule has 0 saturated carbocycles. The van der Waals surface area contributed by atoms with Gasteiger partial charge in [0, 0.05) is 18.5 Å². The number of amides is 1. The smallest absolute Gasteiger partial charge is 0.309 e. The molecule has 0 spiro atoms. The Balaban J connectivity index is 1.62. The Kier molecular flexibility index (Phi) is 4.94. The van der Waals surface area contributed by atoms with Crippen LogP contribution in [0.1, 0.15) is 19.8 Å². The summed E-state index contributed by atoms with van der Waals surface area (Å²) in [5.74, 6) is -0.481. The molecule has 24 heavy (non-hydrogen) atoms. The molecule has 1 aliphatic heterocycles. The fourth-order valence-corrected chi connectivity index (χ4v) is 3.68. The molecule has 1 fully saturated rings. The lowest BCUT2D eigenvalue weighted by molar-refractivity contribution is -0.151. The normalized spacial score (nSPS) is 15.6. The van der Waals surface area contributed by atoms with Crippen molar-refractivity contribution in [1.82, 2.24) is 14.7 Å². The molecule has 0 aromatic carbocycles. The minimum atomic E-state index is -0.239. The number of aromatic nitrogens is 2. The number of thiophene rings is 1. The van der Waals surface area contributed by atoms with Gasteiger partial charge in [0.1, 0.15) is 11.2 Å². The third-order valence-corrected chi connectivity index (χ3v) is 5.13. The molecule has 0 atom stereocenters. The molecule has 0 radical (unpaired) electrons. The number of hydrogen-bond acceptors (Lipinski definition) is 6. The predicted molar refractivity (Wildman–Crippen MR) is 89.8 cm³/mol. The molecule has 128 valence electrons. The van der Waals surface area contributed by atoms with Crippen molar-refractivity contribution in [1.29, 1.82) is 0 Å². The van der Waals surface area contributed by atoms with Crippen LogP contribution in [0.5, 0.6) is 0 Å². The van der Waals surface area contributed by atoms with Gasteiger partial charge >= 0.3 is 5.97 Å². The lowest BCUT2D eigenvalue weighted by Gasteiger charge is -2.30. The van der Waals surface area contributed by atoms with E-state index >= 15 is 0 Å². The first kappa shape index (κ1) is 16.6. The fourth-order valence-electron chi connectivity index (χ4n) is 2.86. The van der Waals surface area contributed by atoms with Crippen molar-refractivity contribution in [2.75, 3.05) is 19.7 Å². The van der Waals surface area contributed by atoms with Gasteiger partial charge in [-0.15, -0.1) is 11.3 Å². The molecule has 1 saturated heterocycles. The molecule has 7 nitrogen and oxygen atoms in total. The highest BCUT2D eigenvalue weighted by Crippen LogP contribution is 2.19. The van der Waals surface area contributed by atoms with E-state index in [1.807, 2.05) is 11.4 Å². The number of esters is 1. The summed E-state index contributed by atoms with van der Waals surface area (Å²) in [6, 6.07) is 1.83. The molecular weight excluding hydrogens is 330 g/mol. The van der Waals surface area contributed by atoms with Crippen molar-refractivity contribution >= 4 is 33.3 Å². The Labute approximate surface area is 142 Å². The first-order chi connectivity index (χ1) is 11.6. The molecular formula is C16H19N3O4S. The maximum Gasteiger partial charge on any atom is 0.309 e. The molecule has 2 aromatic rings. The summed E-state index contributed by atoms with van der Waals surface area (Å²) < 4.78 is 6.84. The van der Waals surface area contributed by atoms with Crippen LogP contribution in [0.4, 0.5) is 0 Å². The molecule has 3 heterocycles. The summed E-state index contributed by atoms with van der Waals surface area (Å²) in [7, 11) is 0. The van der Waals surface area contributed by atoms with E-state index in [0.29, 0.717) is 37.2 Å². The standard InChI is InChI=1S/C16H19N3O4S/c1-2-23-16(22)11-3-6-18(7-4-11)13(20)10-19-15(21)14-12(9-17-19)5-8-24-14/h5,8-9,11H,2-4,6-7,10H2,1H3. The molecule has 2 aromatic heterocycles. The molecule has 1 aliphatic rings. The van der Waals surface area contributed by atoms with Gasteiger partial charge in [0.25, 0.3) is 5.56 Å². The van der Waals surface area contributed by atoms with Gasteiger partial charge in [-0.2, -0.15) is 5.10 Å². The highest BCUT2D eigenvalue weighted by atomic mass is 32.1. The van der Waals surface area contributed by atoms with E-state index in [4.69, 9.17) is 4.74 Å². The lowest BCUT2D eigenvalue weighted by atomic mass is 9.97. The minimum absolute atomic E-state index is 0.0727. The van der Waals surface area contributed by atoms with Gasteiger partial charge < -0.3 is 9.64 Å². The molecule has 0 aliphatic carbocycles. The van der Waals surface area contributed by atoms with Crippen LogP contribution < -0.4 is 5.56 Å². The summed E-state index contributed by atoms with van der Waals surface area (Å²) >= 11 is 1.35. The number of likely N-dealkylation sites (tertiary alicyclic amines) is 1. The first-order valence-electron chi connectivity index (χ1n) is 7.98. The van der Waals surface area contributed by atoms with E-state index in [2.05, 4.69) is 5.10 Å². The zero-order valence-electron chi connectivity index (χ0n) is 13.4. The van der Waals surface area contributed by atoms with Crippen LogP contribution in [0, 0.1) is 5.92 Å². The SMILES string of the molecule is CCOC(=O)C1CCN(C(=O)Cn2ncc3ccsc3c2=O)CC1. The maximum atomic E-state index is 12.4. The zero-order chi connectivity index (χ0) is 17.1. The Bertz CT molecular complexity index is 805. The van der Waals surface area contributed by atoms with Crippen molar-refractivity contribution < 1.29 is 14.3 Å². The Morgan fingerprint density at radius 1 is 1.38 bits per heavy atom. The van der Waals surface area contributed by atoms with Gasteiger partial charge in [0.15, 0.2) is 0 Å². The average Bonchev–Trinajstić information content (AvgIpc) is 3.07. The lowest BCUT2D eigenvalue weighted by Crippen LogP contribution is -2.43. The summed E-state index contributed by atoms with van der Waals surface area (Å²) in [6.45, 7) is 3.08. The van der Waals surface area contributed by atoms with E-state index < -0.39 is 0 Å². The largest absolute Gasteiger partial charge is 0.466 e. The van der Waals surface area contributed by atoms with Crippen LogP contribution >= 0.6 is 11.3 Å². The highest BCUT2D eigenvalue weighted by molar-refractivity contribution is 7.17. The zero-order valence-corrected chi connectivity index (χ0v) is 14.3. The van der Waals surface area contributed by atoms with Gasteiger partial charge in [0.2, 0.25) is 5.91 Å². The molecule has 8 heteroatoms. The third kappa shape index (κ3) is 3.33. The van der Waals surface area contributed by atoms with E-state index in [-0.39, 0.29) is 29.9 Å². The second kappa shape index (κ2) is 7.12. The summed E-state index contributed by atoms with van der Waals surface area (Å²) in [5.41, 5.74) is -0.239. The number of hydrogen-bond donors (Lipinski definition) is 0. The quantitative estimate of drug-likeness (QED) is 0.776. The molecule has 1 amide bonds. The topological polar surface area (TPSA) is 81.5 Å². The van der Waals surface area contributed by atoms with Crippen LogP contribution in [-0.4, -0.2) is 46.3 Å². The van der Waals surface area contributed by atoms with E-state index in [0.717, 1.165) is 5.39 Å². The van der Waals surface area contributed by atoms with Gasteiger partial charge in [-0.05, 0) is 31.2 Å². The number of piperidine rings is 1. The van der Waals surface area contributed by atoms with Gasteiger partial charge in [-0.25, -0.2) is 4.68 Å². The summed E-state index contributed by atoms with van der Waals surface area (Å²) in [4.78, 5) is 38.1. The van der Waals surface area contributed by atoms with Crippen LogP contribution in [0.2, 0.25) is 0 Å². The fraction of sp³-hybridized carbons (Fsp3) is 0.500. The summed E-state index contributed by atoms with van der Waals surface area (Å²) in [6.07, 6.45) is 2.79. The number of fused-ring (bicyclic) bond motifs is 1. The maximum absolute atomic E-state index is 12.4. The van der Waals surface area contributed by atoms with Crippen LogP contribution in [0.15, 0.2) is 22.4 Å². The summed E-state index contributed by atoms with van der Waals surface area (Å²) in [5, 5.41) is 6.70. The Morgan fingerprint density at radius 3 is 2.83 bits per heavy atom. The first-order valence-corrected chi connectivity index (χ1v) is 8.86. The second-order valence-electron chi connectivity index (χ2n) is 5.72. The van der Waals surface area contributed by atoms with Crippen LogP contribution in [0.3, 0.4) is 0 Å². The molecule has 0 unspecified atom stereocenters. The molecule has 0 N–H and O–H groups in total. The van der Waals surface area contributed by atoms with Crippen molar-refractivity contribution in [3.63, 3.8) is 0 Å². The van der Waals surface area contributed by atoms with E-state index in [1.165, 1.54) is 16.0 Å². The Morgan fingerprint density at radius 2 is 2.12 bits per heavy atom. The highest BCUT2D eigenvalue weighted by Gasteiger charge is 2.28. The number of carbonyl (C=O) groups is 2. The van der Waals surface area contributed by atoms with E-state index in [1.54, 1.807) is 18.0 Å². The van der Waals surface area contributed by atoms with Crippen LogP contribution in [-0.2, 0) is 20.9 Å². The van der Waals surface area contributed by atoms with Gasteiger partial charge in [0.05, 0.1) is 18.7 Å². The van der Waals surface area contributed by atoms with E-state index in [9.17, 15) is 14.4 Å². The number of ether oxygens (including phenoxy) is 1. The van der Waals surface area contributed by atoms with Crippen molar-refractivity contribution in [2.24, 2.45) is 5.92 Å². The number of carbonyl (C=O) groups excluding carboxylic acids is 2. The third-order valence-electron chi connectivity index (χ3n) is 4.21. The predicted octanol–water partition coefficient (Wildman–Crippen LogP) is 1.26. The average molecular weight is 349 g/mol. The van der Waals surface area contributed by atoms with Crippen molar-refractivity contribution in [3.8, 4) is 0 Å². The number of nitrogens with zero attached hydrogens (tertiary/aromatic N) is 3. The van der Waals surface area contributed by atoms with Crippen molar-refractivity contribution in [2.45, 2.75) is 26.3 Å². The Hall–Kier alpha value is -2.22. The second-order valence-corrected chi connectivity index (χ2v) is 6.64. The van der Waals surface area contributed by atoms with Gasteiger partial charge in [-0.3, -0.25) is 14.4 Å². The van der Waals surface area contributed by atoms with Gasteiger partial charge in [-0.1, -0.05) is 0 Å². The minimum Gasteiger partial charge on any atom is -0.466 e. The molecule has 3 rings (SSSR count). The van der Waals surface area contributed by atoms with Crippen LogP contribution in [0.25, 0.3) is 10.1 Å². The van der Waals surface area contributed by atoms with Crippen molar-refractivity contribution in [3.05, 3.63) is 28.0 Å².